The molecular weight excluding hydrogens is 208 g/mol. The first-order valence-electron chi connectivity index (χ1n) is 5.61. The summed E-state index contributed by atoms with van der Waals surface area (Å²) in [5, 5.41) is 10.1. The lowest BCUT2D eigenvalue weighted by Crippen LogP contribution is -2.19. The normalized spacial score (nSPS) is 22.4. The Balaban J connectivity index is 1.97. The van der Waals surface area contributed by atoms with Crippen molar-refractivity contribution in [2.24, 2.45) is 0 Å². The number of likely N-dealkylation sites (tertiary alicyclic amines) is 1. The smallest absolute Gasteiger partial charge is 0.0971 e. The second-order valence-corrected chi connectivity index (χ2v) is 5.16. The van der Waals surface area contributed by atoms with Crippen LogP contribution in [0, 0.1) is 0 Å². The second kappa shape index (κ2) is 5.05. The summed E-state index contributed by atoms with van der Waals surface area (Å²) in [5.74, 6) is 0.627. The third-order valence-corrected chi connectivity index (χ3v) is 4.22. The maximum atomic E-state index is 8.85. The summed E-state index contributed by atoms with van der Waals surface area (Å²) >= 11 is 1.77. The fourth-order valence-corrected chi connectivity index (χ4v) is 3.09. The second-order valence-electron chi connectivity index (χ2n) is 4.02. The van der Waals surface area contributed by atoms with E-state index in [-0.39, 0.29) is 6.61 Å². The molecule has 1 atom stereocenters. The zero-order valence-electron chi connectivity index (χ0n) is 9.15. The van der Waals surface area contributed by atoms with Gasteiger partial charge in [-0.05, 0) is 19.5 Å². The van der Waals surface area contributed by atoms with Crippen molar-refractivity contribution in [1.82, 2.24) is 9.88 Å². The number of aliphatic hydroxyl groups is 1. The van der Waals surface area contributed by atoms with Crippen LogP contribution < -0.4 is 0 Å². The van der Waals surface area contributed by atoms with E-state index in [2.05, 4.69) is 16.8 Å². The van der Waals surface area contributed by atoms with E-state index in [0.717, 1.165) is 19.5 Å². The van der Waals surface area contributed by atoms with Gasteiger partial charge < -0.3 is 10.0 Å². The van der Waals surface area contributed by atoms with Gasteiger partial charge in [-0.25, -0.2) is 4.98 Å². The van der Waals surface area contributed by atoms with Crippen LogP contribution in [-0.2, 0) is 6.42 Å². The molecule has 4 heteroatoms. The Hall–Kier alpha value is -0.450. The number of nitrogens with zero attached hydrogens (tertiary/aromatic N) is 2. The number of likely N-dealkylation sites (N-methyl/N-ethyl adjacent to an activating group) is 1. The molecule has 0 aliphatic carbocycles. The molecule has 0 saturated carbocycles. The summed E-state index contributed by atoms with van der Waals surface area (Å²) in [6.07, 6.45) is 3.91. The SMILES string of the molecule is CCN1CCC(c2ncc(CCO)s2)C1. The van der Waals surface area contributed by atoms with Crippen LogP contribution in [0.4, 0.5) is 0 Å². The van der Waals surface area contributed by atoms with Crippen molar-refractivity contribution in [2.75, 3.05) is 26.2 Å². The highest BCUT2D eigenvalue weighted by Crippen LogP contribution is 2.30. The van der Waals surface area contributed by atoms with Gasteiger partial charge in [-0.2, -0.15) is 0 Å². The fourth-order valence-electron chi connectivity index (χ4n) is 2.06. The van der Waals surface area contributed by atoms with Crippen molar-refractivity contribution >= 4 is 11.3 Å². The molecule has 1 saturated heterocycles. The van der Waals surface area contributed by atoms with E-state index in [0.29, 0.717) is 5.92 Å². The first-order valence-corrected chi connectivity index (χ1v) is 6.43. The van der Waals surface area contributed by atoms with Crippen LogP contribution in [0.25, 0.3) is 0 Å². The molecule has 1 unspecified atom stereocenters. The molecule has 0 spiro atoms. The van der Waals surface area contributed by atoms with E-state index >= 15 is 0 Å². The molecular formula is C11H18N2OS. The molecule has 1 aliphatic heterocycles. The molecule has 1 fully saturated rings. The van der Waals surface area contributed by atoms with Crippen LogP contribution in [0.1, 0.15) is 29.1 Å². The largest absolute Gasteiger partial charge is 0.396 e. The quantitative estimate of drug-likeness (QED) is 0.845. The van der Waals surface area contributed by atoms with Crippen molar-refractivity contribution in [1.29, 1.82) is 0 Å². The summed E-state index contributed by atoms with van der Waals surface area (Å²) in [4.78, 5) is 8.15. The zero-order valence-corrected chi connectivity index (χ0v) is 9.96. The summed E-state index contributed by atoms with van der Waals surface area (Å²) < 4.78 is 0. The highest BCUT2D eigenvalue weighted by atomic mass is 32.1. The van der Waals surface area contributed by atoms with Gasteiger partial charge in [0.25, 0.3) is 0 Å². The van der Waals surface area contributed by atoms with Gasteiger partial charge in [-0.1, -0.05) is 6.92 Å². The predicted molar refractivity (Wildman–Crippen MR) is 62.4 cm³/mol. The molecule has 2 rings (SSSR count). The van der Waals surface area contributed by atoms with E-state index < -0.39 is 0 Å². The minimum absolute atomic E-state index is 0.230. The van der Waals surface area contributed by atoms with Gasteiger partial charge in [-0.15, -0.1) is 11.3 Å². The average molecular weight is 226 g/mol. The lowest BCUT2D eigenvalue weighted by molar-refractivity contribution is 0.300. The standard InChI is InChI=1S/C11H18N2OS/c1-2-13-5-3-9(8-13)11-12-7-10(15-11)4-6-14/h7,9,14H,2-6,8H2,1H3. The number of hydrogen-bond donors (Lipinski definition) is 1. The van der Waals surface area contributed by atoms with Crippen molar-refractivity contribution in [3.63, 3.8) is 0 Å². The Morgan fingerprint density at radius 1 is 1.67 bits per heavy atom. The van der Waals surface area contributed by atoms with Gasteiger partial charge in [0.05, 0.1) is 5.01 Å². The molecule has 84 valence electrons. The van der Waals surface area contributed by atoms with E-state index in [1.807, 2.05) is 6.20 Å². The number of aliphatic hydroxyl groups excluding tert-OH is 1. The van der Waals surface area contributed by atoms with Gasteiger partial charge in [0.2, 0.25) is 0 Å². The van der Waals surface area contributed by atoms with Gasteiger partial charge in [0.1, 0.15) is 0 Å². The minimum Gasteiger partial charge on any atom is -0.396 e. The van der Waals surface area contributed by atoms with Crippen LogP contribution in [0.5, 0.6) is 0 Å². The Bertz CT molecular complexity index is 313. The molecule has 0 aromatic carbocycles. The molecule has 1 aromatic heterocycles. The topological polar surface area (TPSA) is 36.4 Å². The summed E-state index contributed by atoms with van der Waals surface area (Å²) in [7, 11) is 0. The predicted octanol–water partition coefficient (Wildman–Crippen LogP) is 1.49. The number of rotatable bonds is 4. The molecule has 1 N–H and O–H groups in total. The van der Waals surface area contributed by atoms with E-state index in [4.69, 9.17) is 5.11 Å². The molecule has 1 aliphatic rings. The number of thiazole rings is 1. The summed E-state index contributed by atoms with van der Waals surface area (Å²) in [6, 6.07) is 0. The molecule has 0 bridgehead atoms. The Labute approximate surface area is 94.8 Å². The summed E-state index contributed by atoms with van der Waals surface area (Å²) in [5.41, 5.74) is 0. The average Bonchev–Trinajstić information content (AvgIpc) is 2.85. The van der Waals surface area contributed by atoms with Gasteiger partial charge >= 0.3 is 0 Å². The third kappa shape index (κ3) is 2.56. The van der Waals surface area contributed by atoms with Crippen molar-refractivity contribution < 1.29 is 5.11 Å². The van der Waals surface area contributed by atoms with E-state index in [1.54, 1.807) is 11.3 Å². The zero-order chi connectivity index (χ0) is 10.7. The van der Waals surface area contributed by atoms with E-state index in [1.165, 1.54) is 22.9 Å². The lowest BCUT2D eigenvalue weighted by atomic mass is 10.1. The molecule has 15 heavy (non-hydrogen) atoms. The Morgan fingerprint density at radius 3 is 3.20 bits per heavy atom. The fraction of sp³-hybridized carbons (Fsp3) is 0.727. The first kappa shape index (κ1) is 11.0. The number of hydrogen-bond acceptors (Lipinski definition) is 4. The third-order valence-electron chi connectivity index (χ3n) is 3.00. The Kier molecular flexibility index (Phi) is 3.72. The van der Waals surface area contributed by atoms with Crippen LogP contribution in [0.3, 0.4) is 0 Å². The van der Waals surface area contributed by atoms with Crippen LogP contribution >= 0.6 is 11.3 Å². The molecule has 2 heterocycles. The van der Waals surface area contributed by atoms with Crippen molar-refractivity contribution in [3.05, 3.63) is 16.1 Å². The lowest BCUT2D eigenvalue weighted by Gasteiger charge is -2.11. The van der Waals surface area contributed by atoms with Crippen molar-refractivity contribution in [3.8, 4) is 0 Å². The van der Waals surface area contributed by atoms with E-state index in [9.17, 15) is 0 Å². The van der Waals surface area contributed by atoms with Crippen LogP contribution in [-0.4, -0.2) is 41.2 Å². The minimum atomic E-state index is 0.230. The maximum absolute atomic E-state index is 8.85. The van der Waals surface area contributed by atoms with Crippen LogP contribution in [0.15, 0.2) is 6.20 Å². The number of aromatic nitrogens is 1. The van der Waals surface area contributed by atoms with Gasteiger partial charge in [0.15, 0.2) is 0 Å². The molecule has 0 amide bonds. The maximum Gasteiger partial charge on any atom is 0.0971 e. The first-order chi connectivity index (χ1) is 7.33. The Morgan fingerprint density at radius 2 is 2.53 bits per heavy atom. The van der Waals surface area contributed by atoms with Crippen molar-refractivity contribution in [2.45, 2.75) is 25.7 Å². The van der Waals surface area contributed by atoms with Crippen LogP contribution in [0.2, 0.25) is 0 Å². The highest BCUT2D eigenvalue weighted by Gasteiger charge is 2.24. The molecule has 0 radical (unpaired) electrons. The molecule has 3 nitrogen and oxygen atoms in total. The van der Waals surface area contributed by atoms with Gasteiger partial charge in [-0.3, -0.25) is 0 Å². The molecule has 1 aromatic rings. The summed E-state index contributed by atoms with van der Waals surface area (Å²) in [6.45, 7) is 5.94. The van der Waals surface area contributed by atoms with Gasteiger partial charge in [0, 0.05) is 36.6 Å². The highest BCUT2D eigenvalue weighted by molar-refractivity contribution is 7.11. The monoisotopic (exact) mass is 226 g/mol.